The topological polar surface area (TPSA) is 65.1 Å². The van der Waals surface area contributed by atoms with E-state index in [9.17, 15) is 9.59 Å². The van der Waals surface area contributed by atoms with Crippen molar-refractivity contribution < 1.29 is 23.5 Å². The van der Waals surface area contributed by atoms with Crippen molar-refractivity contribution in [2.75, 3.05) is 18.6 Å². The number of hydrogen-bond acceptors (Lipinski definition) is 5. The van der Waals surface area contributed by atoms with E-state index in [2.05, 4.69) is 65.8 Å². The number of hydrogen-bond donors (Lipinski definition) is 0. The van der Waals surface area contributed by atoms with Crippen LogP contribution >= 0.6 is 0 Å². The molecule has 2 aromatic carbocycles. The first kappa shape index (κ1) is 30.1. The van der Waals surface area contributed by atoms with Crippen molar-refractivity contribution in [2.45, 2.75) is 95.4 Å². The molecular formula is C36H47NO5Si. The normalized spacial score (nSPS) is 26.1. The number of carbonyl (C=O) groups is 2. The molecule has 2 fully saturated rings. The second kappa shape index (κ2) is 11.2. The summed E-state index contributed by atoms with van der Waals surface area (Å²) in [6, 6.07) is 15.6. The van der Waals surface area contributed by atoms with Crippen LogP contribution in [0.25, 0.3) is 0 Å². The zero-order valence-electron chi connectivity index (χ0n) is 26.8. The van der Waals surface area contributed by atoms with Gasteiger partial charge in [0, 0.05) is 30.6 Å². The lowest BCUT2D eigenvalue weighted by Crippen LogP contribution is -2.51. The van der Waals surface area contributed by atoms with Gasteiger partial charge in [0.05, 0.1) is 24.1 Å². The quantitative estimate of drug-likeness (QED) is 0.174. The molecule has 0 unspecified atom stereocenters. The van der Waals surface area contributed by atoms with Gasteiger partial charge in [0.15, 0.2) is 0 Å². The average Bonchev–Trinajstić information content (AvgIpc) is 3.54. The van der Waals surface area contributed by atoms with Gasteiger partial charge >= 0.3 is 0 Å². The van der Waals surface area contributed by atoms with Gasteiger partial charge in [0.2, 0.25) is 11.8 Å². The third-order valence-electron chi connectivity index (χ3n) is 10.9. The summed E-state index contributed by atoms with van der Waals surface area (Å²) in [4.78, 5) is 30.0. The van der Waals surface area contributed by atoms with Crippen LogP contribution in [0.5, 0.6) is 11.5 Å². The molecule has 1 spiro atoms. The van der Waals surface area contributed by atoms with Crippen LogP contribution in [0.15, 0.2) is 60.2 Å². The number of fused-ring (bicyclic) bond motifs is 6. The SMILES string of the molecule is COC[C@@H]1C=C2[C@H](c3ccc(O[Si](C(C)C)(C(C)C)C(C)C)cc3OC23CCCC3)[C@@H]2C(=O)N(c3ccccc3)C(=O)[C@@H]21. The molecule has 0 bridgehead atoms. The molecule has 1 saturated carbocycles. The summed E-state index contributed by atoms with van der Waals surface area (Å²) in [5, 5.41) is 0. The van der Waals surface area contributed by atoms with Gasteiger partial charge in [-0.25, -0.2) is 0 Å². The highest BCUT2D eigenvalue weighted by Crippen LogP contribution is 2.60. The lowest BCUT2D eigenvalue weighted by Gasteiger charge is -2.48. The van der Waals surface area contributed by atoms with E-state index in [1.807, 2.05) is 30.3 Å². The highest BCUT2D eigenvalue weighted by molar-refractivity contribution is 6.78. The molecule has 7 heteroatoms. The number of para-hydroxylation sites is 1. The van der Waals surface area contributed by atoms with Crippen LogP contribution < -0.4 is 14.1 Å². The van der Waals surface area contributed by atoms with E-state index >= 15 is 0 Å². The van der Waals surface area contributed by atoms with Gasteiger partial charge in [-0.3, -0.25) is 14.5 Å². The van der Waals surface area contributed by atoms with Crippen LogP contribution in [-0.2, 0) is 14.3 Å². The summed E-state index contributed by atoms with van der Waals surface area (Å²) in [6.45, 7) is 14.2. The van der Waals surface area contributed by atoms with E-state index in [0.29, 0.717) is 28.9 Å². The Balaban J connectivity index is 1.49. The van der Waals surface area contributed by atoms with Gasteiger partial charge in [-0.05, 0) is 66.1 Å². The summed E-state index contributed by atoms with van der Waals surface area (Å²) >= 11 is 0. The first-order valence-electron chi connectivity index (χ1n) is 16.2. The van der Waals surface area contributed by atoms with E-state index in [1.54, 1.807) is 7.11 Å². The van der Waals surface area contributed by atoms with Crippen LogP contribution in [0.4, 0.5) is 5.69 Å². The highest BCUT2D eigenvalue weighted by atomic mass is 28.4. The molecule has 2 aliphatic carbocycles. The van der Waals surface area contributed by atoms with Crippen molar-refractivity contribution in [3.8, 4) is 11.5 Å². The highest BCUT2D eigenvalue weighted by Gasteiger charge is 2.62. The Morgan fingerprint density at radius 1 is 0.907 bits per heavy atom. The second-order valence-corrected chi connectivity index (χ2v) is 19.4. The number of anilines is 1. The molecule has 6 nitrogen and oxygen atoms in total. The molecule has 2 aromatic rings. The van der Waals surface area contributed by atoms with Gasteiger partial charge in [-0.1, -0.05) is 71.9 Å². The van der Waals surface area contributed by atoms with Crippen molar-refractivity contribution in [2.24, 2.45) is 17.8 Å². The van der Waals surface area contributed by atoms with E-state index in [4.69, 9.17) is 13.9 Å². The van der Waals surface area contributed by atoms with Crippen molar-refractivity contribution in [1.82, 2.24) is 0 Å². The number of ether oxygens (including phenoxy) is 2. The maximum atomic E-state index is 14.4. The van der Waals surface area contributed by atoms with Crippen LogP contribution in [0, 0.1) is 17.8 Å². The lowest BCUT2D eigenvalue weighted by atomic mass is 9.61. The van der Waals surface area contributed by atoms with Crippen LogP contribution in [0.2, 0.25) is 16.6 Å². The van der Waals surface area contributed by atoms with Crippen molar-refractivity contribution in [1.29, 1.82) is 0 Å². The maximum absolute atomic E-state index is 14.4. The fourth-order valence-corrected chi connectivity index (χ4v) is 14.4. The molecule has 43 heavy (non-hydrogen) atoms. The fraction of sp³-hybridized carbons (Fsp3) is 0.556. The predicted octanol–water partition coefficient (Wildman–Crippen LogP) is 8.04. The third-order valence-corrected chi connectivity index (χ3v) is 16.9. The number of benzene rings is 2. The van der Waals surface area contributed by atoms with Crippen LogP contribution in [-0.4, -0.2) is 39.4 Å². The predicted molar refractivity (Wildman–Crippen MR) is 172 cm³/mol. The first-order valence-corrected chi connectivity index (χ1v) is 18.4. The molecule has 0 radical (unpaired) electrons. The number of carbonyl (C=O) groups excluding carboxylic acids is 2. The first-order chi connectivity index (χ1) is 20.6. The number of nitrogens with zero attached hydrogens (tertiary/aromatic N) is 1. The largest absolute Gasteiger partial charge is 0.543 e. The fourth-order valence-electron chi connectivity index (χ4n) is 9.20. The summed E-state index contributed by atoms with van der Waals surface area (Å²) in [7, 11) is -0.510. The zero-order valence-corrected chi connectivity index (χ0v) is 27.8. The van der Waals surface area contributed by atoms with Gasteiger partial charge < -0.3 is 13.9 Å². The second-order valence-electron chi connectivity index (χ2n) is 14.0. The Morgan fingerprint density at radius 2 is 1.53 bits per heavy atom. The minimum absolute atomic E-state index is 0.120. The molecule has 6 rings (SSSR count). The Labute approximate surface area is 257 Å². The molecule has 1 saturated heterocycles. The summed E-state index contributed by atoms with van der Waals surface area (Å²) in [5.74, 6) is 0.0147. The van der Waals surface area contributed by atoms with Gasteiger partial charge in [-0.15, -0.1) is 0 Å². The maximum Gasteiger partial charge on any atom is 0.258 e. The minimum atomic E-state index is -2.18. The number of methoxy groups -OCH3 is 1. The monoisotopic (exact) mass is 601 g/mol. The molecular weight excluding hydrogens is 554 g/mol. The Bertz CT molecular complexity index is 1390. The molecule has 4 atom stereocenters. The van der Waals surface area contributed by atoms with Crippen molar-refractivity contribution >= 4 is 25.8 Å². The van der Waals surface area contributed by atoms with Crippen LogP contribution in [0.3, 0.4) is 0 Å². The summed E-state index contributed by atoms with van der Waals surface area (Å²) in [5.41, 5.74) is 3.66. The van der Waals surface area contributed by atoms with Gasteiger partial charge in [-0.2, -0.15) is 0 Å². The molecule has 2 amide bonds. The Hall–Kier alpha value is -2.90. The minimum Gasteiger partial charge on any atom is -0.543 e. The molecule has 2 heterocycles. The van der Waals surface area contributed by atoms with Crippen molar-refractivity contribution in [3.63, 3.8) is 0 Å². The van der Waals surface area contributed by atoms with E-state index in [1.165, 1.54) is 10.5 Å². The standard InChI is InChI=1S/C36H47NO5Si/c1-22(2)43(23(3)4,24(5)6)42-27-15-16-28-30(20-27)41-36(17-11-12-18-36)29-19-25(21-40-7)31-33(32(28)29)35(39)37(34(31)38)26-13-9-8-10-14-26/h8-10,13-16,19-20,22-25,31-33H,11-12,17-18,21H2,1-7H3/t25-,31+,32-,33+/m0/s1. The molecule has 2 aliphatic heterocycles. The third kappa shape index (κ3) is 4.60. The molecule has 0 aromatic heterocycles. The number of imide groups is 1. The molecule has 4 aliphatic rings. The van der Waals surface area contributed by atoms with E-state index in [-0.39, 0.29) is 23.7 Å². The Kier molecular flexibility index (Phi) is 7.87. The lowest BCUT2D eigenvalue weighted by molar-refractivity contribution is -0.123. The smallest absolute Gasteiger partial charge is 0.258 e. The van der Waals surface area contributed by atoms with E-state index < -0.39 is 25.8 Å². The zero-order chi connectivity index (χ0) is 30.7. The van der Waals surface area contributed by atoms with Crippen molar-refractivity contribution in [3.05, 3.63) is 65.7 Å². The number of rotatable bonds is 8. The van der Waals surface area contributed by atoms with Crippen LogP contribution in [0.1, 0.15) is 78.7 Å². The van der Waals surface area contributed by atoms with Gasteiger partial charge in [0.1, 0.15) is 17.1 Å². The average molecular weight is 602 g/mol. The Morgan fingerprint density at radius 3 is 2.14 bits per heavy atom. The molecule has 0 N–H and O–H groups in total. The summed E-state index contributed by atoms with van der Waals surface area (Å²) < 4.78 is 19.8. The molecule has 230 valence electrons. The summed E-state index contributed by atoms with van der Waals surface area (Å²) in [6.07, 6.45) is 6.22. The van der Waals surface area contributed by atoms with E-state index in [0.717, 1.165) is 42.7 Å². The van der Waals surface area contributed by atoms with Gasteiger partial charge in [0.25, 0.3) is 8.32 Å². The number of amides is 2.